The Morgan fingerprint density at radius 3 is 2.54 bits per heavy atom. The maximum atomic E-state index is 15.0. The van der Waals surface area contributed by atoms with E-state index in [1.54, 1.807) is 12.1 Å². The highest BCUT2D eigenvalue weighted by Crippen LogP contribution is 2.43. The first-order valence-corrected chi connectivity index (χ1v) is 9.34. The van der Waals surface area contributed by atoms with E-state index in [0.717, 1.165) is 5.69 Å². The van der Waals surface area contributed by atoms with Crippen molar-refractivity contribution in [1.82, 2.24) is 0 Å². The fraction of sp³-hybridized carbons (Fsp3) is 0.381. The van der Waals surface area contributed by atoms with Crippen LogP contribution in [-0.4, -0.2) is 18.1 Å². The van der Waals surface area contributed by atoms with E-state index in [1.807, 2.05) is 4.90 Å². The van der Waals surface area contributed by atoms with Gasteiger partial charge < -0.3 is 10.2 Å². The molecule has 0 spiro atoms. The zero-order valence-corrected chi connectivity index (χ0v) is 15.2. The maximum absolute atomic E-state index is 15.0. The topological polar surface area (TPSA) is 32.3 Å². The van der Waals surface area contributed by atoms with Gasteiger partial charge >= 0.3 is 0 Å². The molecule has 3 nitrogen and oxygen atoms in total. The molecular formula is C21H20F4N2O. The first-order valence-electron chi connectivity index (χ1n) is 9.34. The Morgan fingerprint density at radius 1 is 1.14 bits per heavy atom. The molecule has 1 fully saturated rings. The van der Waals surface area contributed by atoms with E-state index in [2.05, 4.69) is 5.32 Å². The second-order valence-electron chi connectivity index (χ2n) is 7.56. The molecule has 0 atom stereocenters. The van der Waals surface area contributed by atoms with Gasteiger partial charge in [0.25, 0.3) is 0 Å². The maximum Gasteiger partial charge on any atom is 0.227 e. The van der Waals surface area contributed by atoms with Crippen LogP contribution >= 0.6 is 0 Å². The molecule has 1 aliphatic carbocycles. The van der Waals surface area contributed by atoms with Crippen LogP contribution in [0.2, 0.25) is 0 Å². The molecule has 1 N–H and O–H groups in total. The zero-order chi connectivity index (χ0) is 19.9. The van der Waals surface area contributed by atoms with Crippen LogP contribution in [0.1, 0.15) is 36.8 Å². The molecule has 0 aromatic heterocycles. The normalized spacial score (nSPS) is 17.6. The number of carbonyl (C=O) groups excluding carboxylic acids is 1. The Bertz CT molecular complexity index is 910. The van der Waals surface area contributed by atoms with Crippen LogP contribution < -0.4 is 10.2 Å². The first-order chi connectivity index (χ1) is 13.3. The number of nitrogens with one attached hydrogen (secondary N) is 1. The molecule has 7 heteroatoms. The van der Waals surface area contributed by atoms with Gasteiger partial charge in [0.05, 0.1) is 6.42 Å². The minimum absolute atomic E-state index is 0.274. The minimum Gasteiger partial charge on any atom is -0.367 e. The van der Waals surface area contributed by atoms with Gasteiger partial charge in [-0.05, 0) is 67.1 Å². The van der Waals surface area contributed by atoms with Crippen molar-refractivity contribution < 1.29 is 22.4 Å². The van der Waals surface area contributed by atoms with Crippen molar-refractivity contribution in [2.75, 3.05) is 16.8 Å². The SMILES string of the molecule is O=C(CC1(F)CC1)Nc1c(F)cc2c(c1F)CCCN(c1ccc(F)cc1)C2. The Morgan fingerprint density at radius 2 is 1.86 bits per heavy atom. The molecule has 0 unspecified atom stereocenters. The number of fused-ring (bicyclic) bond motifs is 1. The third-order valence-electron chi connectivity index (χ3n) is 5.35. The highest BCUT2D eigenvalue weighted by molar-refractivity contribution is 5.92. The largest absolute Gasteiger partial charge is 0.367 e. The van der Waals surface area contributed by atoms with Crippen molar-refractivity contribution in [2.24, 2.45) is 0 Å². The van der Waals surface area contributed by atoms with Gasteiger partial charge in [-0.3, -0.25) is 4.79 Å². The van der Waals surface area contributed by atoms with Gasteiger partial charge in [0.15, 0.2) is 5.82 Å². The van der Waals surface area contributed by atoms with Crippen molar-refractivity contribution in [3.05, 3.63) is 58.9 Å². The summed E-state index contributed by atoms with van der Waals surface area (Å²) < 4.78 is 56.4. The number of rotatable bonds is 4. The standard InChI is InChI=1S/C21H20F4N2O/c22-14-3-5-15(6-4-14)27-9-1-2-16-13(12-27)10-17(23)20(19(16)24)26-18(28)11-21(25)7-8-21/h3-6,10H,1-2,7-9,11-12H2,(H,26,28). The minimum atomic E-state index is -1.53. The summed E-state index contributed by atoms with van der Waals surface area (Å²) in [6, 6.07) is 7.17. The number of amides is 1. The van der Waals surface area contributed by atoms with Crippen LogP contribution in [0, 0.1) is 17.5 Å². The molecule has 1 aliphatic heterocycles. The van der Waals surface area contributed by atoms with E-state index in [4.69, 9.17) is 0 Å². The van der Waals surface area contributed by atoms with Crippen molar-refractivity contribution in [3.63, 3.8) is 0 Å². The molecular weight excluding hydrogens is 372 g/mol. The average Bonchev–Trinajstić information content (AvgIpc) is 3.40. The smallest absolute Gasteiger partial charge is 0.227 e. The molecule has 28 heavy (non-hydrogen) atoms. The predicted octanol–water partition coefficient (Wildman–Crippen LogP) is 4.89. The second kappa shape index (κ2) is 7.11. The first kappa shape index (κ1) is 18.8. The lowest BCUT2D eigenvalue weighted by molar-refractivity contribution is -0.117. The van der Waals surface area contributed by atoms with E-state index in [1.165, 1.54) is 18.2 Å². The van der Waals surface area contributed by atoms with Crippen molar-refractivity contribution >= 4 is 17.3 Å². The second-order valence-corrected chi connectivity index (χ2v) is 7.56. The van der Waals surface area contributed by atoms with Gasteiger partial charge in [0.1, 0.15) is 23.0 Å². The Kier molecular flexibility index (Phi) is 4.77. The van der Waals surface area contributed by atoms with E-state index in [0.29, 0.717) is 43.4 Å². The zero-order valence-electron chi connectivity index (χ0n) is 15.2. The molecule has 0 radical (unpaired) electrons. The quantitative estimate of drug-likeness (QED) is 0.752. The summed E-state index contributed by atoms with van der Waals surface area (Å²) in [4.78, 5) is 13.9. The lowest BCUT2D eigenvalue weighted by atomic mass is 10.0. The fourth-order valence-corrected chi connectivity index (χ4v) is 3.62. The molecule has 2 aliphatic rings. The predicted molar refractivity (Wildman–Crippen MR) is 98.4 cm³/mol. The fourth-order valence-electron chi connectivity index (χ4n) is 3.62. The summed E-state index contributed by atoms with van der Waals surface area (Å²) in [5, 5.41) is 2.21. The summed E-state index contributed by atoms with van der Waals surface area (Å²) in [7, 11) is 0. The number of nitrogens with zero attached hydrogens (tertiary/aromatic N) is 1. The van der Waals surface area contributed by atoms with Crippen LogP contribution in [0.3, 0.4) is 0 Å². The summed E-state index contributed by atoms with van der Waals surface area (Å²) in [5.74, 6) is -2.75. The number of anilines is 2. The summed E-state index contributed by atoms with van der Waals surface area (Å²) >= 11 is 0. The number of hydrogen-bond donors (Lipinski definition) is 1. The number of halogens is 4. The van der Waals surface area contributed by atoms with Gasteiger partial charge in [-0.1, -0.05) is 0 Å². The molecule has 2 aromatic carbocycles. The lowest BCUT2D eigenvalue weighted by Crippen LogP contribution is -2.23. The van der Waals surface area contributed by atoms with Crippen LogP contribution in [0.15, 0.2) is 30.3 Å². The lowest BCUT2D eigenvalue weighted by Gasteiger charge is -2.23. The van der Waals surface area contributed by atoms with Crippen molar-refractivity contribution in [3.8, 4) is 0 Å². The van der Waals surface area contributed by atoms with Gasteiger partial charge in [0.2, 0.25) is 5.91 Å². The van der Waals surface area contributed by atoms with Crippen molar-refractivity contribution in [2.45, 2.75) is 44.3 Å². The van der Waals surface area contributed by atoms with Crippen LogP contribution in [0.4, 0.5) is 28.9 Å². The molecule has 1 amide bonds. The summed E-state index contributed by atoms with van der Waals surface area (Å²) in [5.41, 5.74) is -0.437. The molecule has 148 valence electrons. The van der Waals surface area contributed by atoms with Gasteiger partial charge in [-0.15, -0.1) is 0 Å². The van der Waals surface area contributed by atoms with Crippen LogP contribution in [0.5, 0.6) is 0 Å². The summed E-state index contributed by atoms with van der Waals surface area (Å²) in [6.07, 6.45) is 1.22. The number of carbonyl (C=O) groups is 1. The van der Waals surface area contributed by atoms with E-state index < -0.39 is 28.9 Å². The molecule has 1 heterocycles. The Labute approximate surface area is 160 Å². The average molecular weight is 392 g/mol. The molecule has 0 saturated heterocycles. The van der Waals surface area contributed by atoms with E-state index in [-0.39, 0.29) is 18.8 Å². The Balaban J connectivity index is 1.58. The monoisotopic (exact) mass is 392 g/mol. The van der Waals surface area contributed by atoms with Gasteiger partial charge in [-0.2, -0.15) is 0 Å². The van der Waals surface area contributed by atoms with Gasteiger partial charge in [0, 0.05) is 18.8 Å². The van der Waals surface area contributed by atoms with Crippen LogP contribution in [-0.2, 0) is 17.8 Å². The molecule has 2 aromatic rings. The highest BCUT2D eigenvalue weighted by atomic mass is 19.1. The van der Waals surface area contributed by atoms with E-state index >= 15 is 0 Å². The van der Waals surface area contributed by atoms with E-state index in [9.17, 15) is 22.4 Å². The van der Waals surface area contributed by atoms with Crippen molar-refractivity contribution in [1.29, 1.82) is 0 Å². The van der Waals surface area contributed by atoms with Gasteiger partial charge in [-0.25, -0.2) is 17.6 Å². The number of hydrogen-bond acceptors (Lipinski definition) is 2. The highest BCUT2D eigenvalue weighted by Gasteiger charge is 2.45. The third kappa shape index (κ3) is 3.84. The molecule has 1 saturated carbocycles. The number of benzene rings is 2. The number of alkyl halides is 1. The third-order valence-corrected chi connectivity index (χ3v) is 5.35. The summed E-state index contributed by atoms with van der Waals surface area (Å²) in [6.45, 7) is 0.879. The Hall–Kier alpha value is -2.57. The molecule has 0 bridgehead atoms. The van der Waals surface area contributed by atoms with Crippen LogP contribution in [0.25, 0.3) is 0 Å². The molecule has 4 rings (SSSR count).